The van der Waals surface area contributed by atoms with Crippen molar-refractivity contribution in [3.05, 3.63) is 36.4 Å². The molecule has 1 aromatic carbocycles. The number of rotatable bonds is 0. The van der Waals surface area contributed by atoms with E-state index in [-0.39, 0.29) is 0 Å². The maximum Gasteiger partial charge on any atom is 0.181 e. The van der Waals surface area contributed by atoms with E-state index in [9.17, 15) is 0 Å². The average Bonchev–Trinajstić information content (AvgIpc) is 2.66. The van der Waals surface area contributed by atoms with E-state index >= 15 is 0 Å². The molecule has 1 aliphatic heterocycles. The topological polar surface area (TPSA) is 29.3 Å². The number of hydrogen-bond donors (Lipinski definition) is 0. The Morgan fingerprint density at radius 1 is 1.36 bits per heavy atom. The van der Waals surface area contributed by atoms with Gasteiger partial charge in [-0.1, -0.05) is 12.1 Å². The first-order valence-electron chi connectivity index (χ1n) is 4.59. The molecular weight excluding hydrogens is 176 g/mol. The molecule has 2 heterocycles. The van der Waals surface area contributed by atoms with Gasteiger partial charge >= 0.3 is 0 Å². The van der Waals surface area contributed by atoms with Crippen molar-refractivity contribution in [3.63, 3.8) is 0 Å². The predicted molar refractivity (Wildman–Crippen MR) is 54.0 cm³/mol. The van der Waals surface area contributed by atoms with Crippen molar-refractivity contribution in [1.82, 2.24) is 4.98 Å². The van der Waals surface area contributed by atoms with Gasteiger partial charge in [-0.05, 0) is 12.1 Å². The van der Waals surface area contributed by atoms with Gasteiger partial charge in [-0.2, -0.15) is 0 Å². The second kappa shape index (κ2) is 2.61. The Bertz CT molecular complexity index is 476. The summed E-state index contributed by atoms with van der Waals surface area (Å²) >= 11 is 0. The molecule has 0 spiro atoms. The van der Waals surface area contributed by atoms with Crippen LogP contribution in [0.5, 0.6) is 0 Å². The van der Waals surface area contributed by atoms with Gasteiger partial charge in [-0.25, -0.2) is 4.98 Å². The summed E-state index contributed by atoms with van der Waals surface area (Å²) in [5.74, 6) is 0.915. The fourth-order valence-electron chi connectivity index (χ4n) is 1.91. The van der Waals surface area contributed by atoms with Crippen molar-refractivity contribution in [3.8, 4) is 11.3 Å². The number of fused-ring (bicyclic) bond motifs is 3. The number of oxazole rings is 1. The van der Waals surface area contributed by atoms with Crippen molar-refractivity contribution in [2.75, 3.05) is 11.9 Å². The van der Waals surface area contributed by atoms with Gasteiger partial charge in [0, 0.05) is 18.3 Å². The number of hydrogen-bond acceptors (Lipinski definition) is 3. The monoisotopic (exact) mass is 186 g/mol. The van der Waals surface area contributed by atoms with Gasteiger partial charge < -0.3 is 9.32 Å². The van der Waals surface area contributed by atoms with Crippen molar-refractivity contribution in [2.24, 2.45) is 0 Å². The maximum atomic E-state index is 5.39. The molecule has 0 saturated carbocycles. The molecule has 0 fully saturated rings. The molecule has 0 aliphatic carbocycles. The van der Waals surface area contributed by atoms with Gasteiger partial charge in [-0.3, -0.25) is 0 Å². The second-order valence-electron chi connectivity index (χ2n) is 3.50. The highest BCUT2D eigenvalue weighted by atomic mass is 16.3. The molecule has 2 aromatic rings. The average molecular weight is 186 g/mol. The van der Waals surface area contributed by atoms with E-state index < -0.39 is 0 Å². The number of anilines is 1. The molecule has 0 radical (unpaired) electrons. The standard InChI is InChI=1S/C11H10N2O/c1-13-6-9-11(14-7-12-9)8-4-2-3-5-10(8)13/h2-5,7H,6H2,1H3. The number of aromatic nitrogens is 1. The molecule has 0 atom stereocenters. The van der Waals surface area contributed by atoms with Gasteiger partial charge in [0.25, 0.3) is 0 Å². The summed E-state index contributed by atoms with van der Waals surface area (Å²) in [6.45, 7) is 0.822. The highest BCUT2D eigenvalue weighted by Crippen LogP contribution is 2.37. The Morgan fingerprint density at radius 2 is 2.21 bits per heavy atom. The third-order valence-corrected chi connectivity index (χ3v) is 2.59. The predicted octanol–water partition coefficient (Wildman–Crippen LogP) is 2.29. The van der Waals surface area contributed by atoms with Crippen molar-refractivity contribution in [1.29, 1.82) is 0 Å². The molecule has 0 unspecified atom stereocenters. The van der Waals surface area contributed by atoms with Crippen LogP contribution in [0.2, 0.25) is 0 Å². The third-order valence-electron chi connectivity index (χ3n) is 2.59. The summed E-state index contributed by atoms with van der Waals surface area (Å²) in [7, 11) is 2.07. The van der Waals surface area contributed by atoms with Crippen LogP contribution in [0.4, 0.5) is 5.69 Å². The molecule has 0 amide bonds. The quantitative estimate of drug-likeness (QED) is 0.632. The number of para-hydroxylation sites is 1. The van der Waals surface area contributed by atoms with Gasteiger partial charge in [0.1, 0.15) is 5.69 Å². The Labute approximate surface area is 82.0 Å². The van der Waals surface area contributed by atoms with Gasteiger partial charge in [-0.15, -0.1) is 0 Å². The maximum absolute atomic E-state index is 5.39. The largest absolute Gasteiger partial charge is 0.443 e. The van der Waals surface area contributed by atoms with Crippen LogP contribution in [0.15, 0.2) is 35.1 Å². The van der Waals surface area contributed by atoms with E-state index in [1.165, 1.54) is 12.1 Å². The van der Waals surface area contributed by atoms with Crippen LogP contribution in [0.1, 0.15) is 5.69 Å². The van der Waals surface area contributed by atoms with Crippen molar-refractivity contribution in [2.45, 2.75) is 6.54 Å². The SMILES string of the molecule is CN1Cc2ncoc2-c2ccccc21. The first kappa shape index (κ1) is 7.62. The van der Waals surface area contributed by atoms with Crippen LogP contribution in [-0.4, -0.2) is 12.0 Å². The molecule has 70 valence electrons. The van der Waals surface area contributed by atoms with Gasteiger partial charge in [0.2, 0.25) is 0 Å². The molecule has 14 heavy (non-hydrogen) atoms. The van der Waals surface area contributed by atoms with Gasteiger partial charge in [0.05, 0.1) is 6.54 Å². The van der Waals surface area contributed by atoms with Crippen LogP contribution in [0, 0.1) is 0 Å². The third kappa shape index (κ3) is 0.894. The first-order valence-corrected chi connectivity index (χ1v) is 4.59. The Balaban J connectivity index is 2.30. The normalized spacial score (nSPS) is 13.6. The zero-order valence-corrected chi connectivity index (χ0v) is 7.90. The second-order valence-corrected chi connectivity index (χ2v) is 3.50. The molecule has 1 aliphatic rings. The summed E-state index contributed by atoms with van der Waals surface area (Å²) in [5, 5.41) is 0. The molecule has 0 saturated heterocycles. The van der Waals surface area contributed by atoms with Crippen LogP contribution in [-0.2, 0) is 6.54 Å². The van der Waals surface area contributed by atoms with E-state index in [0.717, 1.165) is 23.6 Å². The van der Waals surface area contributed by atoms with Gasteiger partial charge in [0.15, 0.2) is 12.2 Å². The molecule has 3 rings (SSSR count). The lowest BCUT2D eigenvalue weighted by Crippen LogP contribution is -2.21. The number of benzene rings is 1. The Morgan fingerprint density at radius 3 is 3.14 bits per heavy atom. The highest BCUT2D eigenvalue weighted by molar-refractivity contribution is 5.79. The smallest absolute Gasteiger partial charge is 0.181 e. The summed E-state index contributed by atoms with van der Waals surface area (Å²) in [6, 6.07) is 8.22. The molecule has 0 bridgehead atoms. The van der Waals surface area contributed by atoms with E-state index in [2.05, 4.69) is 29.1 Å². The zero-order chi connectivity index (χ0) is 9.54. The zero-order valence-electron chi connectivity index (χ0n) is 7.90. The molecular formula is C11H10N2O. The summed E-state index contributed by atoms with van der Waals surface area (Å²) < 4.78 is 5.39. The van der Waals surface area contributed by atoms with E-state index in [4.69, 9.17) is 4.42 Å². The number of nitrogens with zero attached hydrogens (tertiary/aromatic N) is 2. The Hall–Kier alpha value is -1.77. The van der Waals surface area contributed by atoms with Crippen molar-refractivity contribution >= 4 is 5.69 Å². The fraction of sp³-hybridized carbons (Fsp3) is 0.182. The lowest BCUT2D eigenvalue weighted by Gasteiger charge is -2.25. The molecule has 1 aromatic heterocycles. The van der Waals surface area contributed by atoms with Crippen LogP contribution in [0.25, 0.3) is 11.3 Å². The highest BCUT2D eigenvalue weighted by Gasteiger charge is 2.22. The fourth-order valence-corrected chi connectivity index (χ4v) is 1.91. The summed E-state index contributed by atoms with van der Waals surface area (Å²) in [4.78, 5) is 6.38. The minimum absolute atomic E-state index is 0.822. The summed E-state index contributed by atoms with van der Waals surface area (Å²) in [6.07, 6.45) is 1.51. The lowest BCUT2D eigenvalue weighted by atomic mass is 10.0. The minimum atomic E-state index is 0.822. The van der Waals surface area contributed by atoms with Crippen molar-refractivity contribution < 1.29 is 4.42 Å². The van der Waals surface area contributed by atoms with E-state index in [1.807, 2.05) is 12.1 Å². The Kier molecular flexibility index (Phi) is 1.42. The van der Waals surface area contributed by atoms with E-state index in [1.54, 1.807) is 0 Å². The molecule has 0 N–H and O–H groups in total. The van der Waals surface area contributed by atoms with Crippen LogP contribution >= 0.6 is 0 Å². The van der Waals surface area contributed by atoms with Crippen LogP contribution in [0.3, 0.4) is 0 Å². The van der Waals surface area contributed by atoms with E-state index in [0.29, 0.717) is 0 Å². The molecule has 3 nitrogen and oxygen atoms in total. The first-order chi connectivity index (χ1) is 6.86. The lowest BCUT2D eigenvalue weighted by molar-refractivity contribution is 0.569. The summed E-state index contributed by atoms with van der Waals surface area (Å²) in [5.41, 5.74) is 3.36. The minimum Gasteiger partial charge on any atom is -0.443 e. The van der Waals surface area contributed by atoms with Crippen LogP contribution < -0.4 is 4.90 Å². The molecule has 3 heteroatoms.